The smallest absolute Gasteiger partial charge is 0.123 e. The molecule has 1 N–H and O–H groups in total. The minimum atomic E-state index is -0.220. The molecule has 1 aromatic carbocycles. The maximum absolute atomic E-state index is 13.4. The quantitative estimate of drug-likeness (QED) is 0.928. The minimum absolute atomic E-state index is 0.0382. The van der Waals surface area contributed by atoms with Crippen molar-refractivity contribution >= 4 is 0 Å². The summed E-state index contributed by atoms with van der Waals surface area (Å²) >= 11 is 0. The molecule has 2 fully saturated rings. The lowest BCUT2D eigenvalue weighted by Crippen LogP contribution is -2.62. The van der Waals surface area contributed by atoms with E-state index in [0.29, 0.717) is 6.61 Å². The lowest BCUT2D eigenvalue weighted by atomic mass is 9.58. The SMILES string of the molecule is CCO[C@@H]1C[C@H](O)C12CCN(Cc1cc(F)ccc1C)CC2. The molecule has 1 saturated heterocycles. The van der Waals surface area contributed by atoms with Crippen LogP contribution < -0.4 is 0 Å². The van der Waals surface area contributed by atoms with Gasteiger partial charge in [0.15, 0.2) is 0 Å². The van der Waals surface area contributed by atoms with Crippen LogP contribution in [0.5, 0.6) is 0 Å². The average Bonchev–Trinajstić information content (AvgIpc) is 2.51. The fraction of sp³-hybridized carbons (Fsp3) is 0.667. The fourth-order valence-corrected chi connectivity index (χ4v) is 4.00. The summed E-state index contributed by atoms with van der Waals surface area (Å²) in [5.74, 6) is -0.167. The average molecular weight is 307 g/mol. The molecule has 22 heavy (non-hydrogen) atoms. The molecule has 2 atom stereocenters. The molecular weight excluding hydrogens is 281 g/mol. The summed E-state index contributed by atoms with van der Waals surface area (Å²) in [5.41, 5.74) is 2.16. The van der Waals surface area contributed by atoms with Crippen molar-refractivity contribution in [1.82, 2.24) is 4.90 Å². The molecule has 0 radical (unpaired) electrons. The number of benzene rings is 1. The van der Waals surface area contributed by atoms with Crippen LogP contribution in [0.15, 0.2) is 18.2 Å². The summed E-state index contributed by atoms with van der Waals surface area (Å²) in [6, 6.07) is 5.00. The molecule has 1 saturated carbocycles. The number of halogens is 1. The largest absolute Gasteiger partial charge is 0.392 e. The molecule has 0 bridgehead atoms. The molecule has 0 amide bonds. The van der Waals surface area contributed by atoms with Gasteiger partial charge in [-0.2, -0.15) is 0 Å². The molecule has 4 heteroatoms. The molecule has 3 rings (SSSR count). The third-order valence-electron chi connectivity index (χ3n) is 5.60. The maximum Gasteiger partial charge on any atom is 0.123 e. The van der Waals surface area contributed by atoms with Crippen molar-refractivity contribution in [1.29, 1.82) is 0 Å². The number of hydrogen-bond donors (Lipinski definition) is 1. The number of likely N-dealkylation sites (tertiary alicyclic amines) is 1. The van der Waals surface area contributed by atoms with E-state index in [0.717, 1.165) is 50.0 Å². The Bertz CT molecular complexity index is 524. The zero-order chi connectivity index (χ0) is 15.7. The molecular formula is C18H26FNO2. The van der Waals surface area contributed by atoms with E-state index in [1.807, 2.05) is 19.9 Å². The topological polar surface area (TPSA) is 32.7 Å². The van der Waals surface area contributed by atoms with Gasteiger partial charge in [-0.05, 0) is 63.0 Å². The van der Waals surface area contributed by atoms with Crippen molar-refractivity contribution in [3.8, 4) is 0 Å². The fourth-order valence-electron chi connectivity index (χ4n) is 4.00. The second kappa shape index (κ2) is 6.26. The van der Waals surface area contributed by atoms with Gasteiger partial charge in [-0.15, -0.1) is 0 Å². The summed E-state index contributed by atoms with van der Waals surface area (Å²) in [4.78, 5) is 2.36. The Balaban J connectivity index is 1.61. The Morgan fingerprint density at radius 1 is 1.36 bits per heavy atom. The Morgan fingerprint density at radius 2 is 2.09 bits per heavy atom. The zero-order valence-corrected chi connectivity index (χ0v) is 13.5. The Labute approximate surface area is 132 Å². The predicted octanol–water partition coefficient (Wildman–Crippen LogP) is 2.89. The third kappa shape index (κ3) is 2.80. The van der Waals surface area contributed by atoms with E-state index >= 15 is 0 Å². The highest BCUT2D eigenvalue weighted by Crippen LogP contribution is 2.51. The molecule has 122 valence electrons. The van der Waals surface area contributed by atoms with Crippen molar-refractivity contribution in [3.63, 3.8) is 0 Å². The van der Waals surface area contributed by atoms with Crippen molar-refractivity contribution < 1.29 is 14.2 Å². The Morgan fingerprint density at radius 3 is 2.73 bits per heavy atom. The van der Waals surface area contributed by atoms with Crippen LogP contribution in [0.4, 0.5) is 4.39 Å². The number of aliphatic hydroxyl groups is 1. The van der Waals surface area contributed by atoms with Gasteiger partial charge < -0.3 is 9.84 Å². The Kier molecular flexibility index (Phi) is 4.53. The van der Waals surface area contributed by atoms with Crippen molar-refractivity contribution in [3.05, 3.63) is 35.1 Å². The van der Waals surface area contributed by atoms with Crippen LogP contribution in [0.25, 0.3) is 0 Å². The zero-order valence-electron chi connectivity index (χ0n) is 13.5. The van der Waals surface area contributed by atoms with Crippen LogP contribution >= 0.6 is 0 Å². The highest BCUT2D eigenvalue weighted by Gasteiger charge is 2.55. The second-order valence-electron chi connectivity index (χ2n) is 6.78. The van der Waals surface area contributed by atoms with E-state index in [1.54, 1.807) is 6.07 Å². The molecule has 1 heterocycles. The van der Waals surface area contributed by atoms with Gasteiger partial charge in [0.25, 0.3) is 0 Å². The number of rotatable bonds is 4. The first kappa shape index (κ1) is 15.9. The maximum atomic E-state index is 13.4. The van der Waals surface area contributed by atoms with Gasteiger partial charge in [-0.1, -0.05) is 6.07 Å². The number of aryl methyl sites for hydroxylation is 1. The number of piperidine rings is 1. The van der Waals surface area contributed by atoms with Crippen LogP contribution in [0.1, 0.15) is 37.3 Å². The van der Waals surface area contributed by atoms with Crippen LogP contribution in [-0.2, 0) is 11.3 Å². The van der Waals surface area contributed by atoms with Crippen LogP contribution in [-0.4, -0.2) is 41.9 Å². The van der Waals surface area contributed by atoms with Crippen LogP contribution in [0.3, 0.4) is 0 Å². The Hall–Kier alpha value is -0.970. The van der Waals surface area contributed by atoms with Gasteiger partial charge in [-0.25, -0.2) is 4.39 Å². The van der Waals surface area contributed by atoms with E-state index in [4.69, 9.17) is 4.74 Å². The number of hydrogen-bond acceptors (Lipinski definition) is 3. The molecule has 1 aliphatic heterocycles. The van der Waals surface area contributed by atoms with Gasteiger partial charge in [0.1, 0.15) is 5.82 Å². The van der Waals surface area contributed by atoms with Gasteiger partial charge in [0.2, 0.25) is 0 Å². The lowest BCUT2D eigenvalue weighted by Gasteiger charge is -2.56. The summed E-state index contributed by atoms with van der Waals surface area (Å²) < 4.78 is 19.2. The first-order chi connectivity index (χ1) is 10.5. The molecule has 3 nitrogen and oxygen atoms in total. The third-order valence-corrected chi connectivity index (χ3v) is 5.60. The predicted molar refractivity (Wildman–Crippen MR) is 84.1 cm³/mol. The van der Waals surface area contributed by atoms with Gasteiger partial charge >= 0.3 is 0 Å². The highest BCUT2D eigenvalue weighted by molar-refractivity contribution is 5.26. The van der Waals surface area contributed by atoms with E-state index in [9.17, 15) is 9.50 Å². The summed E-state index contributed by atoms with van der Waals surface area (Å²) in [7, 11) is 0. The molecule has 0 aromatic heterocycles. The molecule has 0 unspecified atom stereocenters. The van der Waals surface area contributed by atoms with Crippen LogP contribution in [0.2, 0.25) is 0 Å². The minimum Gasteiger partial charge on any atom is -0.392 e. The van der Waals surface area contributed by atoms with E-state index < -0.39 is 0 Å². The molecule has 1 spiro atoms. The summed E-state index contributed by atoms with van der Waals surface area (Å²) in [6.07, 6.45) is 2.70. The number of nitrogens with zero attached hydrogens (tertiary/aromatic N) is 1. The van der Waals surface area contributed by atoms with Crippen molar-refractivity contribution in [2.75, 3.05) is 19.7 Å². The summed E-state index contributed by atoms with van der Waals surface area (Å²) in [6.45, 7) is 7.43. The van der Waals surface area contributed by atoms with E-state index in [-0.39, 0.29) is 23.4 Å². The number of ether oxygens (including phenoxy) is 1. The molecule has 2 aliphatic rings. The van der Waals surface area contributed by atoms with Crippen molar-refractivity contribution in [2.45, 2.75) is 51.9 Å². The molecule has 1 aromatic rings. The number of aliphatic hydroxyl groups excluding tert-OH is 1. The lowest BCUT2D eigenvalue weighted by molar-refractivity contribution is -0.209. The standard InChI is InChI=1S/C18H26FNO2/c1-3-22-17-11-16(21)18(17)6-8-20(9-7-18)12-14-10-15(19)5-4-13(14)2/h4-5,10,16-17,21H,3,6-9,11-12H2,1-2H3/t16-,17+/m0/s1. The van der Waals surface area contributed by atoms with Crippen LogP contribution in [0, 0.1) is 18.2 Å². The van der Waals surface area contributed by atoms with E-state index in [1.165, 1.54) is 6.07 Å². The molecule has 1 aliphatic carbocycles. The first-order valence-corrected chi connectivity index (χ1v) is 8.32. The first-order valence-electron chi connectivity index (χ1n) is 8.32. The second-order valence-corrected chi connectivity index (χ2v) is 6.78. The normalized spacial score (nSPS) is 27.8. The monoisotopic (exact) mass is 307 g/mol. The van der Waals surface area contributed by atoms with Gasteiger partial charge in [-0.3, -0.25) is 4.90 Å². The highest BCUT2D eigenvalue weighted by atomic mass is 19.1. The van der Waals surface area contributed by atoms with Gasteiger partial charge in [0.05, 0.1) is 12.2 Å². The summed E-state index contributed by atoms with van der Waals surface area (Å²) in [5, 5.41) is 10.2. The van der Waals surface area contributed by atoms with Gasteiger partial charge in [0, 0.05) is 25.0 Å². The van der Waals surface area contributed by atoms with Crippen molar-refractivity contribution in [2.24, 2.45) is 5.41 Å². The van der Waals surface area contributed by atoms with E-state index in [2.05, 4.69) is 4.90 Å².